The van der Waals surface area contributed by atoms with Crippen molar-refractivity contribution in [2.24, 2.45) is 5.92 Å². The van der Waals surface area contributed by atoms with Gasteiger partial charge in [-0.25, -0.2) is 0 Å². The van der Waals surface area contributed by atoms with Crippen LogP contribution in [0.15, 0.2) is 53.0 Å². The van der Waals surface area contributed by atoms with Crippen LogP contribution in [-0.2, 0) is 11.3 Å². The van der Waals surface area contributed by atoms with Crippen LogP contribution in [0.25, 0.3) is 10.1 Å². The summed E-state index contributed by atoms with van der Waals surface area (Å²) in [7, 11) is 6.02. The molecular weight excluding hydrogens is 391 g/mol. The van der Waals surface area contributed by atoms with Crippen molar-refractivity contribution in [1.29, 1.82) is 0 Å². The van der Waals surface area contributed by atoms with Crippen LogP contribution in [0.5, 0.6) is 0 Å². The Labute approximate surface area is 174 Å². The van der Waals surface area contributed by atoms with Gasteiger partial charge < -0.3 is 15.3 Å². The molecule has 1 aliphatic heterocycles. The number of hydrogen-bond acceptors (Lipinski definition) is 4. The maximum Gasteiger partial charge on any atom is 0.307 e. The highest BCUT2D eigenvalue weighted by molar-refractivity contribution is 7.18. The molecule has 2 aromatic rings. The number of thiophene rings is 1. The van der Waals surface area contributed by atoms with Crippen LogP contribution in [0.1, 0.15) is 18.9 Å². The number of nitrogens with zero attached hydrogens (tertiary/aromatic N) is 1. The molecule has 2 atom stereocenters. The lowest BCUT2D eigenvalue weighted by Gasteiger charge is -2.29. The third-order valence-corrected chi connectivity index (χ3v) is 6.46. The molecule has 0 spiro atoms. The minimum atomic E-state index is -0.814. The molecule has 0 amide bonds. The molecule has 2 N–H and O–H groups in total. The van der Waals surface area contributed by atoms with Crippen molar-refractivity contribution in [3.05, 3.63) is 63.6 Å². The van der Waals surface area contributed by atoms with Gasteiger partial charge in [0.05, 0.1) is 22.8 Å². The average Bonchev–Trinajstić information content (AvgIpc) is 3.17. The van der Waals surface area contributed by atoms with E-state index < -0.39 is 5.97 Å². The molecule has 2 unspecified atom stereocenters. The number of fused-ring (bicyclic) bond motifs is 2. The summed E-state index contributed by atoms with van der Waals surface area (Å²) in [6, 6.07) is 4.01. The second-order valence-corrected chi connectivity index (χ2v) is 8.43. The molecule has 0 saturated carbocycles. The van der Waals surface area contributed by atoms with Gasteiger partial charge in [-0.1, -0.05) is 35.3 Å². The van der Waals surface area contributed by atoms with Gasteiger partial charge in [0, 0.05) is 35.6 Å². The normalized spacial score (nSPS) is 20.9. The lowest BCUT2D eigenvalue weighted by Crippen LogP contribution is -2.31. The van der Waals surface area contributed by atoms with Crippen LogP contribution in [0, 0.1) is 5.92 Å². The predicted molar refractivity (Wildman–Crippen MR) is 117 cm³/mol. The summed E-state index contributed by atoms with van der Waals surface area (Å²) in [6.45, 7) is 3.57. The van der Waals surface area contributed by atoms with Gasteiger partial charge in [-0.2, -0.15) is 0 Å². The first-order valence-electron chi connectivity index (χ1n) is 9.23. The minimum absolute atomic E-state index is 0.0382. The Hall–Kier alpha value is -2.18. The van der Waals surface area contributed by atoms with E-state index in [4.69, 9.17) is 19.4 Å². The van der Waals surface area contributed by atoms with Crippen LogP contribution >= 0.6 is 22.9 Å². The first-order valence-corrected chi connectivity index (χ1v) is 10.5. The number of anilines is 1. The van der Waals surface area contributed by atoms with Crippen molar-refractivity contribution >= 4 is 52.5 Å². The van der Waals surface area contributed by atoms with Crippen molar-refractivity contribution in [3.63, 3.8) is 0 Å². The van der Waals surface area contributed by atoms with E-state index in [1.807, 2.05) is 36.6 Å². The quantitative estimate of drug-likeness (QED) is 0.674. The largest absolute Gasteiger partial charge is 0.481 e. The fourth-order valence-electron chi connectivity index (χ4n) is 4.00. The van der Waals surface area contributed by atoms with Gasteiger partial charge in [0.25, 0.3) is 0 Å². The first kappa shape index (κ1) is 19.2. The van der Waals surface area contributed by atoms with E-state index in [1.165, 1.54) is 10.3 Å². The highest BCUT2D eigenvalue weighted by atomic mass is 35.5. The molecule has 0 fully saturated rings. The van der Waals surface area contributed by atoms with Gasteiger partial charge >= 0.3 is 5.97 Å². The van der Waals surface area contributed by atoms with Crippen LogP contribution in [0.2, 0.25) is 5.02 Å². The second kappa shape index (κ2) is 7.68. The average molecular weight is 411 g/mol. The Morgan fingerprint density at radius 3 is 3.00 bits per heavy atom. The van der Waals surface area contributed by atoms with Gasteiger partial charge in [-0.05, 0) is 35.6 Å². The van der Waals surface area contributed by atoms with Crippen molar-refractivity contribution in [3.8, 4) is 0 Å². The molecule has 1 aliphatic carbocycles. The number of nitrogens with one attached hydrogen (secondary N) is 1. The highest BCUT2D eigenvalue weighted by Crippen LogP contribution is 2.40. The van der Waals surface area contributed by atoms with E-state index in [-0.39, 0.29) is 18.4 Å². The van der Waals surface area contributed by atoms with Gasteiger partial charge in [0.2, 0.25) is 0 Å². The molecule has 142 valence electrons. The van der Waals surface area contributed by atoms with E-state index in [9.17, 15) is 9.90 Å². The van der Waals surface area contributed by atoms with E-state index >= 15 is 0 Å². The topological polar surface area (TPSA) is 52.6 Å². The number of carboxylic acid groups (broad SMARTS) is 1. The summed E-state index contributed by atoms with van der Waals surface area (Å²) in [6.07, 6.45) is 7.92. The maximum atomic E-state index is 11.3. The molecule has 4 rings (SSSR count). The van der Waals surface area contributed by atoms with E-state index in [1.54, 1.807) is 11.3 Å². The third kappa shape index (κ3) is 3.59. The first-order chi connectivity index (χ1) is 13.5. The van der Waals surface area contributed by atoms with Crippen LogP contribution in [0.4, 0.5) is 5.69 Å². The Kier molecular flexibility index (Phi) is 5.26. The Balaban J connectivity index is 1.69. The van der Waals surface area contributed by atoms with Crippen molar-refractivity contribution in [1.82, 2.24) is 4.90 Å². The maximum absolute atomic E-state index is 11.3. The highest BCUT2D eigenvalue weighted by Gasteiger charge is 2.34. The van der Waals surface area contributed by atoms with Crippen LogP contribution in [-0.4, -0.2) is 36.4 Å². The fraction of sp³-hybridized carbons (Fsp3) is 0.286. The van der Waals surface area contributed by atoms with E-state index in [2.05, 4.69) is 22.5 Å². The summed E-state index contributed by atoms with van der Waals surface area (Å²) in [5.74, 6) is -0.764. The lowest BCUT2D eigenvalue weighted by atomic mass is 9.81. The van der Waals surface area contributed by atoms with Crippen LogP contribution in [0.3, 0.4) is 0 Å². The van der Waals surface area contributed by atoms with Crippen LogP contribution < -0.4 is 5.32 Å². The Morgan fingerprint density at radius 2 is 2.25 bits per heavy atom. The lowest BCUT2D eigenvalue weighted by molar-refractivity contribution is -0.136. The van der Waals surface area contributed by atoms with Gasteiger partial charge in [-0.15, -0.1) is 11.3 Å². The number of carbonyl (C=O) groups is 1. The Bertz CT molecular complexity index is 1030. The third-order valence-electron chi connectivity index (χ3n) is 5.16. The van der Waals surface area contributed by atoms with E-state index in [0.717, 1.165) is 23.2 Å². The van der Waals surface area contributed by atoms with Crippen molar-refractivity contribution in [2.45, 2.75) is 25.9 Å². The molecule has 0 bridgehead atoms. The summed E-state index contributed by atoms with van der Waals surface area (Å²) < 4.78 is 1.19. The SMILES string of the molecule is [B]C1=CC2C(C=C1)C(CC(=O)O)=CN2Cc1csc2c(NCC)cc(Cl)cc12. The molecule has 4 nitrogen and oxygen atoms in total. The molecule has 1 aromatic carbocycles. The summed E-state index contributed by atoms with van der Waals surface area (Å²) in [5, 5.41) is 16.6. The van der Waals surface area contributed by atoms with Gasteiger partial charge in [0.15, 0.2) is 0 Å². The fourth-order valence-corrected chi connectivity index (χ4v) is 5.25. The number of allylic oxidation sites excluding steroid dienone is 2. The predicted octanol–water partition coefficient (Wildman–Crippen LogP) is 4.77. The number of aliphatic carboxylic acids is 1. The number of benzene rings is 1. The molecule has 28 heavy (non-hydrogen) atoms. The molecular formula is C21H20BClN2O2S. The second-order valence-electron chi connectivity index (χ2n) is 7.11. The smallest absolute Gasteiger partial charge is 0.307 e. The number of rotatable bonds is 6. The molecule has 7 heteroatoms. The molecule has 2 aliphatic rings. The summed E-state index contributed by atoms with van der Waals surface area (Å²) >= 11 is 8.05. The van der Waals surface area contributed by atoms with Gasteiger partial charge in [-0.3, -0.25) is 4.79 Å². The Morgan fingerprint density at radius 1 is 1.43 bits per heavy atom. The molecule has 1 aromatic heterocycles. The standard InChI is InChI=1S/C21H20BClN2O2S/c1-2-24-18-8-15(23)7-17-13(11-28-21(17)18)10-25-9-12(5-20(26)27)16-4-3-14(22)6-19(16)25/h3-4,6-9,11,16,19,24H,2,5,10H2,1H3,(H,26,27). The molecule has 2 radical (unpaired) electrons. The van der Waals surface area contributed by atoms with Crippen molar-refractivity contribution < 1.29 is 9.90 Å². The molecule has 2 heterocycles. The van der Waals surface area contributed by atoms with Crippen molar-refractivity contribution in [2.75, 3.05) is 11.9 Å². The monoisotopic (exact) mass is 410 g/mol. The summed E-state index contributed by atoms with van der Waals surface area (Å²) in [5.41, 5.74) is 3.84. The minimum Gasteiger partial charge on any atom is -0.481 e. The number of carboxylic acids is 1. The zero-order valence-corrected chi connectivity index (χ0v) is 17.1. The molecule has 0 saturated heterocycles. The number of hydrogen-bond donors (Lipinski definition) is 2. The van der Waals surface area contributed by atoms with E-state index in [0.29, 0.717) is 17.0 Å². The zero-order chi connectivity index (χ0) is 19.8. The van der Waals surface area contributed by atoms with Gasteiger partial charge in [0.1, 0.15) is 7.85 Å². The number of halogens is 1. The summed E-state index contributed by atoms with van der Waals surface area (Å²) in [4.78, 5) is 13.5. The zero-order valence-electron chi connectivity index (χ0n) is 15.5.